The molecule has 1 aromatic rings. The van der Waals surface area contributed by atoms with Gasteiger partial charge in [0.15, 0.2) is 0 Å². The van der Waals surface area contributed by atoms with E-state index in [1.165, 1.54) is 0 Å². The van der Waals surface area contributed by atoms with Gasteiger partial charge in [-0.05, 0) is 46.1 Å². The maximum atomic E-state index is 13.4. The van der Waals surface area contributed by atoms with Gasteiger partial charge >= 0.3 is 0 Å². The van der Waals surface area contributed by atoms with Crippen molar-refractivity contribution in [1.29, 1.82) is 0 Å². The third-order valence-corrected chi connectivity index (χ3v) is 2.77. The summed E-state index contributed by atoms with van der Waals surface area (Å²) < 4.78 is 14.0. The minimum absolute atomic E-state index is 0. The number of rotatable bonds is 0. The Morgan fingerprint density at radius 2 is 2.15 bits per heavy atom. The minimum atomic E-state index is -0.0889. The van der Waals surface area contributed by atoms with Crippen molar-refractivity contribution in [1.82, 2.24) is 5.32 Å². The number of hydrogen-bond acceptors (Lipinski definition) is 1. The number of benzene rings is 1. The number of nitrogens with one attached hydrogen (secondary N) is 1. The van der Waals surface area contributed by atoms with E-state index in [0.29, 0.717) is 4.47 Å². The highest BCUT2D eigenvalue weighted by Crippen LogP contribution is 2.24. The summed E-state index contributed by atoms with van der Waals surface area (Å²) in [4.78, 5) is 0. The van der Waals surface area contributed by atoms with Crippen LogP contribution in [0.2, 0.25) is 0 Å². The van der Waals surface area contributed by atoms with Crippen LogP contribution < -0.4 is 5.32 Å². The Hall–Kier alpha value is -0.120. The van der Waals surface area contributed by atoms with Crippen LogP contribution in [0.5, 0.6) is 0 Å². The quantitative estimate of drug-likeness (QED) is 0.761. The second-order valence-electron chi connectivity index (χ2n) is 2.93. The molecule has 13 heavy (non-hydrogen) atoms. The van der Waals surface area contributed by atoms with E-state index in [2.05, 4.69) is 21.2 Å². The van der Waals surface area contributed by atoms with Crippen molar-refractivity contribution in [2.24, 2.45) is 0 Å². The molecule has 2 rings (SSSR count). The molecule has 0 bridgehead atoms. The molecule has 0 unspecified atom stereocenters. The van der Waals surface area contributed by atoms with Crippen molar-refractivity contribution in [3.63, 3.8) is 0 Å². The highest BCUT2D eigenvalue weighted by Gasteiger charge is 2.14. The largest absolute Gasteiger partial charge is 0.312 e. The third-order valence-electron chi connectivity index (χ3n) is 2.16. The Labute approximate surface area is 91.3 Å². The maximum absolute atomic E-state index is 13.4. The molecule has 0 radical (unpaired) electrons. The van der Waals surface area contributed by atoms with Crippen molar-refractivity contribution < 1.29 is 4.39 Å². The van der Waals surface area contributed by atoms with Gasteiger partial charge in [-0.1, -0.05) is 6.07 Å². The summed E-state index contributed by atoms with van der Waals surface area (Å²) in [6.07, 6.45) is 0.792. The highest BCUT2D eigenvalue weighted by atomic mass is 79.9. The van der Waals surface area contributed by atoms with Crippen LogP contribution in [0.25, 0.3) is 0 Å². The Kier molecular flexibility index (Phi) is 3.71. The zero-order valence-electron chi connectivity index (χ0n) is 6.94. The smallest absolute Gasteiger partial charge is 0.140 e. The molecule has 1 nitrogen and oxygen atoms in total. The number of hydrogen-bond donors (Lipinski definition) is 1. The van der Waals surface area contributed by atoms with Crippen LogP contribution in [0.4, 0.5) is 4.39 Å². The lowest BCUT2D eigenvalue weighted by molar-refractivity contribution is 0.564. The molecular formula is C9H10BrClFN. The van der Waals surface area contributed by atoms with Crippen molar-refractivity contribution in [3.05, 3.63) is 33.5 Å². The number of halogens is 3. The standard InChI is InChI=1S/C9H9BrFN.ClH/c10-8-2-1-6-5-12-4-3-7(6)9(8)11;/h1-2,12H,3-5H2;1H. The van der Waals surface area contributed by atoms with Crippen LogP contribution in [-0.2, 0) is 13.0 Å². The molecule has 0 amide bonds. The van der Waals surface area contributed by atoms with Gasteiger partial charge in [0, 0.05) is 6.54 Å². The molecule has 0 fully saturated rings. The Morgan fingerprint density at radius 1 is 1.38 bits per heavy atom. The average Bonchev–Trinajstić information content (AvgIpc) is 2.12. The van der Waals surface area contributed by atoms with Gasteiger partial charge in [-0.15, -0.1) is 12.4 Å². The van der Waals surface area contributed by atoms with Gasteiger partial charge in [-0.2, -0.15) is 0 Å². The van der Waals surface area contributed by atoms with Crippen LogP contribution in [0.1, 0.15) is 11.1 Å². The van der Waals surface area contributed by atoms with E-state index in [4.69, 9.17) is 0 Å². The zero-order valence-corrected chi connectivity index (χ0v) is 9.34. The Balaban J connectivity index is 0.000000845. The van der Waals surface area contributed by atoms with Crippen LogP contribution in [-0.4, -0.2) is 6.54 Å². The van der Waals surface area contributed by atoms with Crippen LogP contribution in [0, 0.1) is 5.82 Å². The van der Waals surface area contributed by atoms with Gasteiger partial charge in [-0.3, -0.25) is 0 Å². The molecule has 1 aromatic carbocycles. The van der Waals surface area contributed by atoms with Gasteiger partial charge in [0.1, 0.15) is 5.82 Å². The second kappa shape index (κ2) is 4.40. The lowest BCUT2D eigenvalue weighted by atomic mass is 10.0. The molecule has 72 valence electrons. The van der Waals surface area contributed by atoms with Crippen molar-refractivity contribution in [3.8, 4) is 0 Å². The Morgan fingerprint density at radius 3 is 2.92 bits per heavy atom. The highest BCUT2D eigenvalue weighted by molar-refractivity contribution is 9.10. The second-order valence-corrected chi connectivity index (χ2v) is 3.78. The first kappa shape index (κ1) is 11.0. The molecule has 0 saturated heterocycles. The number of fused-ring (bicyclic) bond motifs is 1. The maximum Gasteiger partial charge on any atom is 0.140 e. The first-order chi connectivity index (χ1) is 5.79. The molecule has 0 aliphatic carbocycles. The molecule has 1 heterocycles. The van der Waals surface area contributed by atoms with Gasteiger partial charge in [0.25, 0.3) is 0 Å². The fourth-order valence-corrected chi connectivity index (χ4v) is 1.88. The minimum Gasteiger partial charge on any atom is -0.312 e. The summed E-state index contributed by atoms with van der Waals surface area (Å²) in [6, 6.07) is 3.73. The first-order valence-corrected chi connectivity index (χ1v) is 4.75. The monoisotopic (exact) mass is 265 g/mol. The molecule has 0 atom stereocenters. The topological polar surface area (TPSA) is 12.0 Å². The summed E-state index contributed by atoms with van der Waals surface area (Å²) in [5.41, 5.74) is 1.95. The SMILES string of the molecule is Cl.Fc1c(Br)ccc2c1CCNC2. The molecule has 0 spiro atoms. The van der Waals surface area contributed by atoms with Crippen LogP contribution in [0.3, 0.4) is 0 Å². The van der Waals surface area contributed by atoms with E-state index in [-0.39, 0.29) is 18.2 Å². The summed E-state index contributed by atoms with van der Waals surface area (Å²) >= 11 is 3.18. The van der Waals surface area contributed by atoms with Crippen molar-refractivity contribution in [2.75, 3.05) is 6.54 Å². The van der Waals surface area contributed by atoms with Gasteiger partial charge in [-0.25, -0.2) is 4.39 Å². The lowest BCUT2D eigenvalue weighted by Crippen LogP contribution is -2.24. The van der Waals surface area contributed by atoms with E-state index < -0.39 is 0 Å². The van der Waals surface area contributed by atoms with Crippen LogP contribution >= 0.6 is 28.3 Å². The first-order valence-electron chi connectivity index (χ1n) is 3.95. The molecule has 1 N–H and O–H groups in total. The predicted molar refractivity (Wildman–Crippen MR) is 56.8 cm³/mol. The zero-order chi connectivity index (χ0) is 8.55. The summed E-state index contributed by atoms with van der Waals surface area (Å²) in [6.45, 7) is 1.67. The lowest BCUT2D eigenvalue weighted by Gasteiger charge is -2.17. The fourth-order valence-electron chi connectivity index (χ4n) is 1.50. The van der Waals surface area contributed by atoms with E-state index in [1.54, 1.807) is 6.07 Å². The van der Waals surface area contributed by atoms with E-state index in [0.717, 1.165) is 30.6 Å². The Bertz CT molecular complexity index is 317. The van der Waals surface area contributed by atoms with Crippen molar-refractivity contribution in [2.45, 2.75) is 13.0 Å². The summed E-state index contributed by atoms with van der Waals surface area (Å²) in [5.74, 6) is -0.0889. The van der Waals surface area contributed by atoms with Gasteiger partial charge < -0.3 is 5.32 Å². The van der Waals surface area contributed by atoms with E-state index >= 15 is 0 Å². The predicted octanol–water partition coefficient (Wildman–Crippen LogP) is 2.66. The molecule has 0 saturated carbocycles. The normalized spacial score (nSPS) is 14.6. The van der Waals surface area contributed by atoms with Crippen LogP contribution in [0.15, 0.2) is 16.6 Å². The van der Waals surface area contributed by atoms with Gasteiger partial charge in [0.05, 0.1) is 4.47 Å². The molecule has 1 aliphatic rings. The van der Waals surface area contributed by atoms with Gasteiger partial charge in [0.2, 0.25) is 0 Å². The summed E-state index contributed by atoms with van der Waals surface area (Å²) in [5, 5.41) is 3.21. The fraction of sp³-hybridized carbons (Fsp3) is 0.333. The van der Waals surface area contributed by atoms with E-state index in [9.17, 15) is 4.39 Å². The summed E-state index contributed by atoms with van der Waals surface area (Å²) in [7, 11) is 0. The average molecular weight is 267 g/mol. The molecule has 0 aromatic heterocycles. The molecule has 1 aliphatic heterocycles. The third kappa shape index (κ3) is 2.03. The van der Waals surface area contributed by atoms with Crippen molar-refractivity contribution >= 4 is 28.3 Å². The van der Waals surface area contributed by atoms with E-state index in [1.807, 2.05) is 6.07 Å². The molecule has 4 heteroatoms. The molecular weight excluding hydrogens is 256 g/mol.